The molecular formula is C20H16F3N3O2S2. The predicted octanol–water partition coefficient (Wildman–Crippen LogP) is 5.42. The van der Waals surface area contributed by atoms with Gasteiger partial charge in [-0.1, -0.05) is 18.2 Å². The van der Waals surface area contributed by atoms with E-state index < -0.39 is 11.7 Å². The van der Waals surface area contributed by atoms with Gasteiger partial charge in [-0.2, -0.15) is 13.2 Å². The van der Waals surface area contributed by atoms with E-state index in [1.54, 1.807) is 18.2 Å². The van der Waals surface area contributed by atoms with Gasteiger partial charge in [-0.3, -0.25) is 14.9 Å². The largest absolute Gasteiger partial charge is 0.416 e. The van der Waals surface area contributed by atoms with Crippen molar-refractivity contribution in [2.45, 2.75) is 25.4 Å². The average Bonchev–Trinajstić information content (AvgIpc) is 3.30. The van der Waals surface area contributed by atoms with E-state index in [9.17, 15) is 22.8 Å². The van der Waals surface area contributed by atoms with Crippen LogP contribution in [-0.2, 0) is 17.4 Å². The van der Waals surface area contributed by atoms with Crippen LogP contribution in [0.15, 0.2) is 42.6 Å². The number of carbonyl (C=O) groups is 2. The van der Waals surface area contributed by atoms with Crippen molar-refractivity contribution in [3.63, 3.8) is 0 Å². The molecule has 1 fully saturated rings. The molecule has 5 nitrogen and oxygen atoms in total. The Balaban J connectivity index is 1.37. The lowest BCUT2D eigenvalue weighted by Crippen LogP contribution is -2.12. The minimum Gasteiger partial charge on any atom is -0.317 e. The van der Waals surface area contributed by atoms with E-state index in [2.05, 4.69) is 15.6 Å². The summed E-state index contributed by atoms with van der Waals surface area (Å²) in [7, 11) is 0. The van der Waals surface area contributed by atoms with E-state index in [0.29, 0.717) is 20.6 Å². The molecule has 1 aliphatic carbocycles. The van der Waals surface area contributed by atoms with Crippen molar-refractivity contribution in [2.75, 3.05) is 10.6 Å². The zero-order valence-corrected chi connectivity index (χ0v) is 17.1. The smallest absolute Gasteiger partial charge is 0.317 e. The Kier molecular flexibility index (Phi) is 5.61. The molecule has 0 spiro atoms. The van der Waals surface area contributed by atoms with Gasteiger partial charge < -0.3 is 5.32 Å². The van der Waals surface area contributed by atoms with E-state index in [1.807, 2.05) is 0 Å². The molecule has 0 bridgehead atoms. The number of alkyl halides is 3. The van der Waals surface area contributed by atoms with Crippen molar-refractivity contribution in [2.24, 2.45) is 5.92 Å². The highest BCUT2D eigenvalue weighted by Gasteiger charge is 2.31. The fourth-order valence-electron chi connectivity index (χ4n) is 2.76. The molecule has 0 saturated heterocycles. The molecule has 30 heavy (non-hydrogen) atoms. The van der Waals surface area contributed by atoms with Gasteiger partial charge in [0.05, 0.1) is 15.4 Å². The number of benzene rings is 1. The summed E-state index contributed by atoms with van der Waals surface area (Å²) in [6.07, 6.45) is -0.764. The highest BCUT2D eigenvalue weighted by atomic mass is 32.1. The van der Waals surface area contributed by atoms with Crippen LogP contribution < -0.4 is 10.6 Å². The normalized spacial score (nSPS) is 13.8. The number of hydrogen-bond acceptors (Lipinski definition) is 5. The van der Waals surface area contributed by atoms with Crippen molar-refractivity contribution in [3.05, 3.63) is 63.5 Å². The van der Waals surface area contributed by atoms with Crippen molar-refractivity contribution in [1.29, 1.82) is 0 Å². The summed E-state index contributed by atoms with van der Waals surface area (Å²) in [6, 6.07) is 8.44. The van der Waals surface area contributed by atoms with Crippen molar-refractivity contribution >= 4 is 44.6 Å². The topological polar surface area (TPSA) is 71.1 Å². The van der Waals surface area contributed by atoms with Gasteiger partial charge in [0.15, 0.2) is 5.13 Å². The summed E-state index contributed by atoms with van der Waals surface area (Å²) >= 11 is 2.38. The number of hydrogen-bond donors (Lipinski definition) is 2. The SMILES string of the molecule is O=C(Nc1ncc(Cc2cccc(C(F)(F)F)c2)s1)c1ccc(NC(=O)C2CC2)s1. The van der Waals surface area contributed by atoms with Crippen LogP contribution in [-0.4, -0.2) is 16.8 Å². The fourth-order valence-corrected chi connectivity index (χ4v) is 4.41. The minimum atomic E-state index is -4.39. The molecule has 0 unspecified atom stereocenters. The van der Waals surface area contributed by atoms with Crippen LogP contribution in [0.3, 0.4) is 0 Å². The second-order valence-corrected chi connectivity index (χ2v) is 9.09. The van der Waals surface area contributed by atoms with Crippen molar-refractivity contribution in [3.8, 4) is 0 Å². The molecule has 156 valence electrons. The fraction of sp³-hybridized carbons (Fsp3) is 0.250. The number of thiazole rings is 1. The maximum Gasteiger partial charge on any atom is 0.416 e. The van der Waals surface area contributed by atoms with Crippen LogP contribution in [0.4, 0.5) is 23.3 Å². The standard InChI is InChI=1S/C20H16F3N3O2S2/c21-20(22,23)13-3-1-2-11(8-13)9-14-10-24-19(29-14)26-18(28)15-6-7-16(30-15)25-17(27)12-4-5-12/h1-3,6-8,10,12H,4-5,9H2,(H,25,27)(H,24,26,28). The molecule has 1 saturated carbocycles. The van der Waals surface area contributed by atoms with E-state index in [-0.39, 0.29) is 24.2 Å². The third kappa shape index (κ3) is 5.06. The van der Waals surface area contributed by atoms with Crippen molar-refractivity contribution < 1.29 is 22.8 Å². The van der Waals surface area contributed by atoms with Gasteiger partial charge in [0.25, 0.3) is 5.91 Å². The van der Waals surface area contributed by atoms with Crippen LogP contribution in [0.25, 0.3) is 0 Å². The number of rotatable bonds is 6. The molecule has 2 amide bonds. The molecule has 0 aliphatic heterocycles. The lowest BCUT2D eigenvalue weighted by atomic mass is 10.1. The van der Waals surface area contributed by atoms with Gasteiger partial charge in [-0.15, -0.1) is 22.7 Å². The Morgan fingerprint density at radius 3 is 2.63 bits per heavy atom. The lowest BCUT2D eigenvalue weighted by molar-refractivity contribution is -0.137. The quantitative estimate of drug-likeness (QED) is 0.526. The minimum absolute atomic E-state index is 0.0250. The number of aromatic nitrogens is 1. The molecule has 1 aliphatic rings. The Morgan fingerprint density at radius 2 is 1.90 bits per heavy atom. The van der Waals surface area contributed by atoms with Gasteiger partial charge in [0.1, 0.15) is 0 Å². The Bertz CT molecular complexity index is 1090. The van der Waals surface area contributed by atoms with Crippen LogP contribution in [0.1, 0.15) is 38.5 Å². The number of halogens is 3. The molecule has 10 heteroatoms. The lowest BCUT2D eigenvalue weighted by Gasteiger charge is -2.07. The summed E-state index contributed by atoms with van der Waals surface area (Å²) in [5.74, 6) is -0.301. The number of thiophene rings is 1. The van der Waals surface area contributed by atoms with Crippen LogP contribution in [0, 0.1) is 5.92 Å². The second kappa shape index (κ2) is 8.19. The first-order chi connectivity index (χ1) is 14.3. The monoisotopic (exact) mass is 451 g/mol. The molecule has 2 N–H and O–H groups in total. The van der Waals surface area contributed by atoms with Gasteiger partial charge in [0, 0.05) is 23.4 Å². The molecule has 2 aromatic heterocycles. The number of nitrogens with one attached hydrogen (secondary N) is 2. The van der Waals surface area contributed by atoms with E-state index >= 15 is 0 Å². The number of nitrogens with zero attached hydrogens (tertiary/aromatic N) is 1. The molecule has 2 heterocycles. The highest BCUT2D eigenvalue weighted by molar-refractivity contribution is 7.18. The first kappa shape index (κ1) is 20.5. The first-order valence-electron chi connectivity index (χ1n) is 9.11. The van der Waals surface area contributed by atoms with Crippen molar-refractivity contribution in [1.82, 2.24) is 4.98 Å². The van der Waals surface area contributed by atoms with E-state index in [1.165, 1.54) is 34.9 Å². The summed E-state index contributed by atoms with van der Waals surface area (Å²) in [6.45, 7) is 0. The van der Waals surface area contributed by atoms with Gasteiger partial charge in [-0.25, -0.2) is 4.98 Å². The second-order valence-electron chi connectivity index (χ2n) is 6.89. The molecule has 3 aromatic rings. The van der Waals surface area contributed by atoms with Gasteiger partial charge in [0.2, 0.25) is 5.91 Å². The third-order valence-corrected chi connectivity index (χ3v) is 6.34. The number of carbonyl (C=O) groups excluding carboxylic acids is 2. The summed E-state index contributed by atoms with van der Waals surface area (Å²) in [5.41, 5.74) is -0.180. The molecule has 4 rings (SSSR count). The Morgan fingerprint density at radius 1 is 1.10 bits per heavy atom. The average molecular weight is 451 g/mol. The van der Waals surface area contributed by atoms with E-state index in [0.717, 1.165) is 29.9 Å². The maximum atomic E-state index is 12.9. The zero-order valence-electron chi connectivity index (χ0n) is 15.5. The molecule has 0 radical (unpaired) electrons. The zero-order chi connectivity index (χ0) is 21.3. The molecule has 0 atom stereocenters. The van der Waals surface area contributed by atoms with Crippen LogP contribution in [0.5, 0.6) is 0 Å². The van der Waals surface area contributed by atoms with Gasteiger partial charge in [-0.05, 0) is 36.6 Å². The molecule has 1 aromatic carbocycles. The summed E-state index contributed by atoms with van der Waals surface area (Å²) in [4.78, 5) is 29.5. The third-order valence-electron chi connectivity index (χ3n) is 4.43. The maximum absolute atomic E-state index is 12.9. The Labute approximate surface area is 178 Å². The highest BCUT2D eigenvalue weighted by Crippen LogP contribution is 2.32. The van der Waals surface area contributed by atoms with Gasteiger partial charge >= 0.3 is 6.18 Å². The summed E-state index contributed by atoms with van der Waals surface area (Å²) in [5, 5.41) is 6.46. The van der Waals surface area contributed by atoms with Crippen LogP contribution >= 0.6 is 22.7 Å². The number of anilines is 2. The Hall–Kier alpha value is -2.72. The predicted molar refractivity (Wildman–Crippen MR) is 110 cm³/mol. The molecular weight excluding hydrogens is 435 g/mol. The first-order valence-corrected chi connectivity index (χ1v) is 10.7. The summed E-state index contributed by atoms with van der Waals surface area (Å²) < 4.78 is 38.6. The number of amides is 2. The van der Waals surface area contributed by atoms with Crippen LogP contribution in [0.2, 0.25) is 0 Å². The van der Waals surface area contributed by atoms with E-state index in [4.69, 9.17) is 0 Å².